The standard InChI is InChI=1S/C15H13BrN2O3/c16-9-11-3-1-4-12(7-11)10-17-15(19)13-5-2-6-14(8-13)18(20)21/h1-8H,9-10H2,(H,17,19). The predicted octanol–water partition coefficient (Wildman–Crippen LogP) is 3.42. The topological polar surface area (TPSA) is 72.2 Å². The molecule has 2 aromatic rings. The number of benzene rings is 2. The van der Waals surface area contributed by atoms with Gasteiger partial charge in [0.05, 0.1) is 4.92 Å². The van der Waals surface area contributed by atoms with Crippen LogP contribution in [0, 0.1) is 10.1 Å². The molecule has 0 saturated heterocycles. The second kappa shape index (κ2) is 6.99. The summed E-state index contributed by atoms with van der Waals surface area (Å²) in [5, 5.41) is 14.2. The minimum Gasteiger partial charge on any atom is -0.348 e. The maximum Gasteiger partial charge on any atom is 0.270 e. The van der Waals surface area contributed by atoms with Gasteiger partial charge in [0.2, 0.25) is 0 Å². The molecule has 0 aliphatic carbocycles. The minimum atomic E-state index is -0.518. The second-order valence-electron chi connectivity index (χ2n) is 4.44. The molecule has 0 heterocycles. The summed E-state index contributed by atoms with van der Waals surface area (Å²) in [4.78, 5) is 22.2. The van der Waals surface area contributed by atoms with Gasteiger partial charge in [-0.25, -0.2) is 0 Å². The van der Waals surface area contributed by atoms with Crippen LogP contribution in [-0.4, -0.2) is 10.8 Å². The molecule has 21 heavy (non-hydrogen) atoms. The Kier molecular flexibility index (Phi) is 5.05. The first-order valence-electron chi connectivity index (χ1n) is 6.26. The molecule has 2 aromatic carbocycles. The second-order valence-corrected chi connectivity index (χ2v) is 5.00. The van der Waals surface area contributed by atoms with Crippen molar-refractivity contribution in [1.29, 1.82) is 0 Å². The molecule has 108 valence electrons. The molecule has 1 N–H and O–H groups in total. The van der Waals surface area contributed by atoms with E-state index < -0.39 is 4.92 Å². The Morgan fingerprint density at radius 1 is 1.14 bits per heavy atom. The summed E-state index contributed by atoms with van der Waals surface area (Å²) >= 11 is 3.38. The lowest BCUT2D eigenvalue weighted by Gasteiger charge is -2.06. The van der Waals surface area contributed by atoms with Crippen LogP contribution in [0.5, 0.6) is 0 Å². The lowest BCUT2D eigenvalue weighted by molar-refractivity contribution is -0.384. The Hall–Kier alpha value is -2.21. The van der Waals surface area contributed by atoms with Crippen molar-refractivity contribution in [3.8, 4) is 0 Å². The number of nitrogens with zero attached hydrogens (tertiary/aromatic N) is 1. The maximum absolute atomic E-state index is 12.0. The van der Waals surface area contributed by atoms with Crippen molar-refractivity contribution in [1.82, 2.24) is 5.32 Å². The molecule has 0 fully saturated rings. The van der Waals surface area contributed by atoms with E-state index >= 15 is 0 Å². The third-order valence-electron chi connectivity index (χ3n) is 2.92. The number of hydrogen-bond acceptors (Lipinski definition) is 3. The van der Waals surface area contributed by atoms with Gasteiger partial charge in [0.1, 0.15) is 0 Å². The van der Waals surface area contributed by atoms with E-state index in [1.54, 1.807) is 6.07 Å². The van der Waals surface area contributed by atoms with Crippen molar-refractivity contribution in [3.05, 3.63) is 75.3 Å². The zero-order chi connectivity index (χ0) is 15.2. The highest BCUT2D eigenvalue weighted by atomic mass is 79.9. The fourth-order valence-electron chi connectivity index (χ4n) is 1.87. The first-order valence-corrected chi connectivity index (χ1v) is 7.39. The molecule has 0 aliphatic heterocycles. The van der Waals surface area contributed by atoms with Gasteiger partial charge in [-0.15, -0.1) is 0 Å². The number of hydrogen-bond donors (Lipinski definition) is 1. The number of halogens is 1. The normalized spacial score (nSPS) is 10.1. The Morgan fingerprint density at radius 3 is 2.57 bits per heavy atom. The van der Waals surface area contributed by atoms with Crippen LogP contribution in [0.15, 0.2) is 48.5 Å². The molecule has 0 atom stereocenters. The van der Waals surface area contributed by atoms with Gasteiger partial charge >= 0.3 is 0 Å². The summed E-state index contributed by atoms with van der Waals surface area (Å²) in [6.45, 7) is 0.377. The quantitative estimate of drug-likeness (QED) is 0.511. The van der Waals surface area contributed by atoms with E-state index in [4.69, 9.17) is 0 Å². The van der Waals surface area contributed by atoms with E-state index in [1.165, 1.54) is 18.2 Å². The number of alkyl halides is 1. The zero-order valence-electron chi connectivity index (χ0n) is 11.1. The Balaban J connectivity index is 2.04. The molecular weight excluding hydrogens is 336 g/mol. The highest BCUT2D eigenvalue weighted by Crippen LogP contribution is 2.13. The molecular formula is C15H13BrN2O3. The van der Waals surface area contributed by atoms with E-state index in [0.29, 0.717) is 6.54 Å². The molecule has 6 heteroatoms. The number of amides is 1. The van der Waals surface area contributed by atoms with Crippen LogP contribution < -0.4 is 5.32 Å². The maximum atomic E-state index is 12.0. The summed E-state index contributed by atoms with van der Waals surface area (Å²) in [6.07, 6.45) is 0. The highest BCUT2D eigenvalue weighted by Gasteiger charge is 2.11. The zero-order valence-corrected chi connectivity index (χ0v) is 12.7. The van der Waals surface area contributed by atoms with Gasteiger partial charge in [-0.3, -0.25) is 14.9 Å². The predicted molar refractivity (Wildman–Crippen MR) is 83.3 cm³/mol. The van der Waals surface area contributed by atoms with Crippen molar-refractivity contribution in [2.24, 2.45) is 0 Å². The lowest BCUT2D eigenvalue weighted by atomic mass is 10.1. The number of nitrogens with one attached hydrogen (secondary N) is 1. The number of nitro groups is 1. The molecule has 2 rings (SSSR count). The van der Waals surface area contributed by atoms with Crippen molar-refractivity contribution in [2.45, 2.75) is 11.9 Å². The summed E-state index contributed by atoms with van der Waals surface area (Å²) in [6, 6.07) is 13.5. The lowest BCUT2D eigenvalue weighted by Crippen LogP contribution is -2.22. The number of rotatable bonds is 5. The summed E-state index contributed by atoms with van der Waals surface area (Å²) in [7, 11) is 0. The first-order chi connectivity index (χ1) is 10.1. The van der Waals surface area contributed by atoms with Gasteiger partial charge in [-0.2, -0.15) is 0 Å². The van der Waals surface area contributed by atoms with E-state index in [9.17, 15) is 14.9 Å². The smallest absolute Gasteiger partial charge is 0.270 e. The van der Waals surface area contributed by atoms with Gasteiger partial charge in [-0.1, -0.05) is 46.3 Å². The van der Waals surface area contributed by atoms with Crippen LogP contribution in [-0.2, 0) is 11.9 Å². The van der Waals surface area contributed by atoms with E-state index in [1.807, 2.05) is 24.3 Å². The van der Waals surface area contributed by atoms with Crippen LogP contribution in [0.1, 0.15) is 21.5 Å². The molecule has 0 aliphatic rings. The summed E-state index contributed by atoms with van der Waals surface area (Å²) in [5.41, 5.74) is 2.28. The van der Waals surface area contributed by atoms with Gasteiger partial charge in [-0.05, 0) is 17.2 Å². The summed E-state index contributed by atoms with van der Waals surface area (Å²) < 4.78 is 0. The van der Waals surface area contributed by atoms with Crippen molar-refractivity contribution >= 4 is 27.5 Å². The highest BCUT2D eigenvalue weighted by molar-refractivity contribution is 9.08. The minimum absolute atomic E-state index is 0.0936. The monoisotopic (exact) mass is 348 g/mol. The number of nitro benzene ring substituents is 1. The van der Waals surface area contributed by atoms with E-state index in [0.717, 1.165) is 16.5 Å². The Labute approximate surface area is 130 Å². The van der Waals surface area contributed by atoms with Gasteiger partial charge in [0, 0.05) is 29.6 Å². The fourth-order valence-corrected chi connectivity index (χ4v) is 2.22. The molecule has 0 unspecified atom stereocenters. The molecule has 5 nitrogen and oxygen atoms in total. The summed E-state index contributed by atoms with van der Waals surface area (Å²) in [5.74, 6) is -0.331. The number of non-ortho nitro benzene ring substituents is 1. The van der Waals surface area contributed by atoms with E-state index in [-0.39, 0.29) is 17.2 Å². The van der Waals surface area contributed by atoms with Crippen molar-refractivity contribution in [3.63, 3.8) is 0 Å². The number of carbonyl (C=O) groups is 1. The molecule has 0 spiro atoms. The van der Waals surface area contributed by atoms with Crippen LogP contribution in [0.25, 0.3) is 0 Å². The average Bonchev–Trinajstić information content (AvgIpc) is 2.53. The van der Waals surface area contributed by atoms with Gasteiger partial charge in [0.15, 0.2) is 0 Å². The fraction of sp³-hybridized carbons (Fsp3) is 0.133. The van der Waals surface area contributed by atoms with Crippen molar-refractivity contribution in [2.75, 3.05) is 0 Å². The van der Waals surface area contributed by atoms with Crippen LogP contribution in [0.2, 0.25) is 0 Å². The number of carbonyl (C=O) groups excluding carboxylic acids is 1. The third-order valence-corrected chi connectivity index (χ3v) is 3.57. The average molecular weight is 349 g/mol. The molecule has 0 bridgehead atoms. The van der Waals surface area contributed by atoms with Gasteiger partial charge < -0.3 is 5.32 Å². The first kappa shape index (κ1) is 15.2. The van der Waals surface area contributed by atoms with Crippen LogP contribution in [0.3, 0.4) is 0 Å². The molecule has 0 saturated carbocycles. The van der Waals surface area contributed by atoms with Gasteiger partial charge in [0.25, 0.3) is 11.6 Å². The SMILES string of the molecule is O=C(NCc1cccc(CBr)c1)c1cccc([N+](=O)[O-])c1. The molecule has 0 radical (unpaired) electrons. The Morgan fingerprint density at radius 2 is 1.86 bits per heavy atom. The third kappa shape index (κ3) is 4.13. The van der Waals surface area contributed by atoms with E-state index in [2.05, 4.69) is 21.2 Å². The van der Waals surface area contributed by atoms with Crippen molar-refractivity contribution < 1.29 is 9.72 Å². The van der Waals surface area contributed by atoms with Crippen LogP contribution >= 0.6 is 15.9 Å². The molecule has 1 amide bonds. The van der Waals surface area contributed by atoms with Crippen LogP contribution in [0.4, 0.5) is 5.69 Å². The molecule has 0 aromatic heterocycles. The largest absolute Gasteiger partial charge is 0.348 e. The Bertz CT molecular complexity index is 673.